The van der Waals surface area contributed by atoms with Crippen LogP contribution in [0.4, 0.5) is 5.69 Å². The topological polar surface area (TPSA) is 62.2 Å². The summed E-state index contributed by atoms with van der Waals surface area (Å²) < 4.78 is 0. The van der Waals surface area contributed by atoms with Crippen molar-refractivity contribution in [3.8, 4) is 0 Å². The van der Waals surface area contributed by atoms with Crippen LogP contribution in [0.5, 0.6) is 0 Å². The summed E-state index contributed by atoms with van der Waals surface area (Å²) in [5.74, 6) is -0.911. The maximum Gasteiger partial charge on any atom is 0.337 e. The van der Waals surface area contributed by atoms with Crippen LogP contribution in [-0.4, -0.2) is 22.6 Å². The number of hydrogen-bond acceptors (Lipinski definition) is 4. The van der Waals surface area contributed by atoms with Gasteiger partial charge in [0, 0.05) is 24.0 Å². The van der Waals surface area contributed by atoms with Gasteiger partial charge in [-0.1, -0.05) is 6.07 Å². The summed E-state index contributed by atoms with van der Waals surface area (Å²) in [7, 11) is 0. The number of rotatable bonds is 5. The zero-order valence-corrected chi connectivity index (χ0v) is 10.8. The molecule has 5 heteroatoms. The van der Waals surface area contributed by atoms with E-state index in [1.165, 1.54) is 0 Å². The molecule has 4 nitrogen and oxygen atoms in total. The quantitative estimate of drug-likeness (QED) is 0.869. The lowest BCUT2D eigenvalue weighted by Crippen LogP contribution is -2.09. The largest absolute Gasteiger partial charge is 0.478 e. The second-order valence-electron chi connectivity index (χ2n) is 4.01. The minimum Gasteiger partial charge on any atom is -0.478 e. The Bertz CT molecular complexity index is 538. The van der Waals surface area contributed by atoms with Crippen LogP contribution in [0.25, 0.3) is 0 Å². The van der Waals surface area contributed by atoms with E-state index < -0.39 is 5.97 Å². The second-order valence-corrected chi connectivity index (χ2v) is 4.73. The highest BCUT2D eigenvalue weighted by molar-refractivity contribution is 7.07. The van der Waals surface area contributed by atoms with Crippen molar-refractivity contribution in [2.75, 3.05) is 11.9 Å². The molecule has 0 bridgehead atoms. The van der Waals surface area contributed by atoms with E-state index in [1.807, 2.05) is 18.4 Å². The smallest absolute Gasteiger partial charge is 0.337 e. The minimum atomic E-state index is -0.911. The van der Waals surface area contributed by atoms with Crippen molar-refractivity contribution in [1.29, 1.82) is 0 Å². The highest BCUT2D eigenvalue weighted by Gasteiger charge is 2.09. The van der Waals surface area contributed by atoms with Crippen molar-refractivity contribution in [2.24, 2.45) is 0 Å². The molecule has 0 aliphatic heterocycles. The molecule has 0 aliphatic rings. The van der Waals surface area contributed by atoms with Gasteiger partial charge in [-0.05, 0) is 24.6 Å². The van der Waals surface area contributed by atoms with E-state index in [0.717, 1.165) is 17.7 Å². The molecular weight excluding hydrogens is 248 g/mol. The Morgan fingerprint density at radius 1 is 1.50 bits per heavy atom. The van der Waals surface area contributed by atoms with Crippen molar-refractivity contribution in [1.82, 2.24) is 4.98 Å². The third-order valence-electron chi connectivity index (χ3n) is 2.59. The fourth-order valence-electron chi connectivity index (χ4n) is 1.68. The molecule has 2 rings (SSSR count). The average molecular weight is 262 g/mol. The van der Waals surface area contributed by atoms with Gasteiger partial charge in [-0.3, -0.25) is 0 Å². The number of thiazole rings is 1. The maximum atomic E-state index is 11.1. The standard InChI is InChI=1S/C13H14N2O2S/c1-9-2-3-11(13(16)17)12(6-9)14-5-4-10-7-18-8-15-10/h2-3,6-8,14H,4-5H2,1H3,(H,16,17). The zero-order valence-electron chi connectivity index (χ0n) is 10.0. The number of anilines is 1. The molecule has 0 saturated heterocycles. The van der Waals surface area contributed by atoms with E-state index in [2.05, 4.69) is 10.3 Å². The molecule has 2 aromatic rings. The second kappa shape index (κ2) is 5.64. The normalized spacial score (nSPS) is 10.3. The van der Waals surface area contributed by atoms with Gasteiger partial charge in [0.05, 0.1) is 16.8 Å². The predicted octanol–water partition coefficient (Wildman–Crippen LogP) is 2.80. The molecule has 1 aromatic heterocycles. The Balaban J connectivity index is 2.03. The monoisotopic (exact) mass is 262 g/mol. The molecule has 0 radical (unpaired) electrons. The number of nitrogens with one attached hydrogen (secondary N) is 1. The molecular formula is C13H14N2O2S. The van der Waals surface area contributed by atoms with Gasteiger partial charge >= 0.3 is 5.97 Å². The Hall–Kier alpha value is -1.88. The van der Waals surface area contributed by atoms with Gasteiger partial charge in [-0.2, -0.15) is 0 Å². The van der Waals surface area contributed by atoms with E-state index in [9.17, 15) is 4.79 Å². The van der Waals surface area contributed by atoms with Gasteiger partial charge in [-0.25, -0.2) is 9.78 Å². The van der Waals surface area contributed by atoms with Crippen LogP contribution in [0.3, 0.4) is 0 Å². The molecule has 0 saturated carbocycles. The van der Waals surface area contributed by atoms with Crippen molar-refractivity contribution in [3.05, 3.63) is 45.9 Å². The van der Waals surface area contributed by atoms with E-state index in [1.54, 1.807) is 29.0 Å². The highest BCUT2D eigenvalue weighted by atomic mass is 32.1. The summed E-state index contributed by atoms with van der Waals surface area (Å²) in [6.07, 6.45) is 0.788. The van der Waals surface area contributed by atoms with Gasteiger partial charge < -0.3 is 10.4 Å². The first-order valence-electron chi connectivity index (χ1n) is 5.61. The SMILES string of the molecule is Cc1ccc(C(=O)O)c(NCCc2cscn2)c1. The first-order chi connectivity index (χ1) is 8.66. The van der Waals surface area contributed by atoms with Gasteiger partial charge in [0.2, 0.25) is 0 Å². The minimum absolute atomic E-state index is 0.305. The van der Waals surface area contributed by atoms with E-state index in [-0.39, 0.29) is 0 Å². The molecule has 0 atom stereocenters. The lowest BCUT2D eigenvalue weighted by molar-refractivity contribution is 0.0698. The van der Waals surface area contributed by atoms with Crippen LogP contribution in [0.1, 0.15) is 21.6 Å². The summed E-state index contributed by atoms with van der Waals surface area (Å²) in [6, 6.07) is 5.28. The van der Waals surface area contributed by atoms with Crippen LogP contribution in [0, 0.1) is 6.92 Å². The Morgan fingerprint density at radius 3 is 3.00 bits per heavy atom. The number of hydrogen-bond donors (Lipinski definition) is 2. The van der Waals surface area contributed by atoms with Crippen molar-refractivity contribution >= 4 is 23.0 Å². The number of carboxylic acids is 1. The molecule has 0 unspecified atom stereocenters. The van der Waals surface area contributed by atoms with Crippen LogP contribution < -0.4 is 5.32 Å². The highest BCUT2D eigenvalue weighted by Crippen LogP contribution is 2.17. The molecule has 94 valence electrons. The summed E-state index contributed by atoms with van der Waals surface area (Å²) in [5.41, 5.74) is 4.83. The number of aryl methyl sites for hydroxylation is 1. The summed E-state index contributed by atoms with van der Waals surface area (Å²) in [5, 5.41) is 14.2. The Morgan fingerprint density at radius 2 is 2.33 bits per heavy atom. The van der Waals surface area contributed by atoms with Gasteiger partial charge in [0.25, 0.3) is 0 Å². The van der Waals surface area contributed by atoms with E-state index in [4.69, 9.17) is 5.11 Å². The maximum absolute atomic E-state index is 11.1. The average Bonchev–Trinajstić information content (AvgIpc) is 2.82. The first-order valence-corrected chi connectivity index (χ1v) is 6.56. The lowest BCUT2D eigenvalue weighted by Gasteiger charge is -2.09. The van der Waals surface area contributed by atoms with Crippen LogP contribution in [0.2, 0.25) is 0 Å². The summed E-state index contributed by atoms with van der Waals surface area (Å²) in [4.78, 5) is 15.3. The van der Waals surface area contributed by atoms with Gasteiger partial charge in [0.1, 0.15) is 0 Å². The summed E-state index contributed by atoms with van der Waals surface area (Å²) in [6.45, 7) is 2.62. The molecule has 1 aromatic carbocycles. The third kappa shape index (κ3) is 3.07. The Kier molecular flexibility index (Phi) is 3.94. The molecule has 2 N–H and O–H groups in total. The summed E-state index contributed by atoms with van der Waals surface area (Å²) >= 11 is 1.56. The lowest BCUT2D eigenvalue weighted by atomic mass is 10.1. The number of carbonyl (C=O) groups is 1. The molecule has 0 aliphatic carbocycles. The number of carboxylic acid groups (broad SMARTS) is 1. The molecule has 1 heterocycles. The molecule has 0 fully saturated rings. The van der Waals surface area contributed by atoms with Crippen molar-refractivity contribution in [2.45, 2.75) is 13.3 Å². The number of aromatic carboxylic acids is 1. The molecule has 0 amide bonds. The van der Waals surface area contributed by atoms with Gasteiger partial charge in [0.15, 0.2) is 0 Å². The van der Waals surface area contributed by atoms with Crippen LogP contribution >= 0.6 is 11.3 Å². The van der Waals surface area contributed by atoms with Crippen LogP contribution in [-0.2, 0) is 6.42 Å². The predicted molar refractivity (Wildman–Crippen MR) is 72.4 cm³/mol. The zero-order chi connectivity index (χ0) is 13.0. The van der Waals surface area contributed by atoms with Gasteiger partial charge in [-0.15, -0.1) is 11.3 Å². The number of aromatic nitrogens is 1. The van der Waals surface area contributed by atoms with E-state index >= 15 is 0 Å². The fraction of sp³-hybridized carbons (Fsp3) is 0.231. The third-order valence-corrected chi connectivity index (χ3v) is 3.22. The first kappa shape index (κ1) is 12.6. The number of nitrogens with zero attached hydrogens (tertiary/aromatic N) is 1. The van der Waals surface area contributed by atoms with Crippen molar-refractivity contribution < 1.29 is 9.90 Å². The molecule has 18 heavy (non-hydrogen) atoms. The number of benzene rings is 1. The molecule has 0 spiro atoms. The van der Waals surface area contributed by atoms with E-state index in [0.29, 0.717) is 17.8 Å². The Labute approximate surface area is 109 Å². The van der Waals surface area contributed by atoms with Crippen LogP contribution in [0.15, 0.2) is 29.1 Å². The fourth-order valence-corrected chi connectivity index (χ4v) is 2.27. The van der Waals surface area contributed by atoms with Crippen molar-refractivity contribution in [3.63, 3.8) is 0 Å².